The second-order valence-electron chi connectivity index (χ2n) is 5.52. The first kappa shape index (κ1) is 13.1. The largest absolute Gasteiger partial charge is 0.0780 e. The zero-order valence-corrected chi connectivity index (χ0v) is 12.9. The van der Waals surface area contributed by atoms with Crippen molar-refractivity contribution in [2.75, 3.05) is 0 Å². The summed E-state index contributed by atoms with van der Waals surface area (Å²) in [5.74, 6) is 0. The van der Waals surface area contributed by atoms with Crippen LogP contribution in [0.25, 0.3) is 0 Å². The Bertz CT molecular complexity index is 527. The topological polar surface area (TPSA) is 0 Å². The summed E-state index contributed by atoms with van der Waals surface area (Å²) < 4.78 is 0. The van der Waals surface area contributed by atoms with Crippen molar-refractivity contribution in [3.8, 4) is 0 Å². The van der Waals surface area contributed by atoms with Crippen LogP contribution in [0.2, 0.25) is 0 Å². The maximum absolute atomic E-state index is 2.37. The second-order valence-corrected chi connectivity index (χ2v) is 7.92. The van der Waals surface area contributed by atoms with E-state index >= 15 is 0 Å². The van der Waals surface area contributed by atoms with Crippen molar-refractivity contribution in [3.63, 3.8) is 0 Å². The predicted molar refractivity (Wildman–Crippen MR) is 82.2 cm³/mol. The average Bonchev–Trinajstić information content (AvgIpc) is 2.33. The summed E-state index contributed by atoms with van der Waals surface area (Å²) in [7, 11) is 0.241. The van der Waals surface area contributed by atoms with Crippen LogP contribution in [-0.2, 0) is 5.04 Å². The van der Waals surface area contributed by atoms with Gasteiger partial charge >= 0.3 is 0 Å². The molecule has 0 amide bonds. The molecule has 0 bridgehead atoms. The Balaban J connectivity index is 2.33. The minimum atomic E-state index is 0.241. The fourth-order valence-electron chi connectivity index (χ4n) is 2.49. The number of benzene rings is 2. The van der Waals surface area contributed by atoms with Gasteiger partial charge in [0.1, 0.15) is 0 Å². The molecule has 1 radical (unpaired) electrons. The highest BCUT2D eigenvalue weighted by Gasteiger charge is 2.23. The first-order valence-electron chi connectivity index (χ1n) is 6.48. The van der Waals surface area contributed by atoms with E-state index in [1.165, 1.54) is 21.9 Å². The molecule has 0 aromatic heterocycles. The van der Waals surface area contributed by atoms with Crippen LogP contribution in [0.15, 0.2) is 48.5 Å². The van der Waals surface area contributed by atoms with Crippen molar-refractivity contribution in [2.45, 2.75) is 32.7 Å². The van der Waals surface area contributed by atoms with Crippen LogP contribution in [-0.4, -0.2) is 9.52 Å². The van der Waals surface area contributed by atoms with E-state index in [0.29, 0.717) is 0 Å². The molecule has 0 unspecified atom stereocenters. The molecule has 2 aromatic carbocycles. The molecule has 1 heteroatoms. The lowest BCUT2D eigenvalue weighted by Crippen LogP contribution is -2.35. The van der Waals surface area contributed by atoms with Crippen LogP contribution < -0.4 is 5.19 Å². The summed E-state index contributed by atoms with van der Waals surface area (Å²) in [6.07, 6.45) is 0. The van der Waals surface area contributed by atoms with Crippen molar-refractivity contribution in [1.29, 1.82) is 0 Å². The molecule has 18 heavy (non-hydrogen) atoms. The zero-order chi connectivity index (χ0) is 13.2. The maximum atomic E-state index is 2.37. The third-order valence-corrected chi connectivity index (χ3v) is 5.38. The second kappa shape index (κ2) is 5.11. The summed E-state index contributed by atoms with van der Waals surface area (Å²) >= 11 is 0. The van der Waals surface area contributed by atoms with Gasteiger partial charge in [0.2, 0.25) is 0 Å². The highest BCUT2D eigenvalue weighted by molar-refractivity contribution is 6.56. The Kier molecular flexibility index (Phi) is 3.72. The normalized spacial score (nSPS) is 11.6. The van der Waals surface area contributed by atoms with E-state index in [-0.39, 0.29) is 14.6 Å². The van der Waals surface area contributed by atoms with Crippen LogP contribution in [0.5, 0.6) is 0 Å². The third-order valence-electron chi connectivity index (χ3n) is 3.63. The highest BCUT2D eigenvalue weighted by Crippen LogP contribution is 2.26. The number of hydrogen-bond donors (Lipinski definition) is 0. The smallest absolute Gasteiger partial charge is 0.0647 e. The first-order chi connectivity index (χ1) is 8.50. The van der Waals surface area contributed by atoms with Crippen LogP contribution in [0.1, 0.15) is 30.5 Å². The monoisotopic (exact) mass is 253 g/mol. The Morgan fingerprint density at radius 2 is 1.50 bits per heavy atom. The molecule has 0 spiro atoms. The average molecular weight is 253 g/mol. The maximum Gasteiger partial charge on any atom is 0.0780 e. The van der Waals surface area contributed by atoms with Crippen molar-refractivity contribution in [1.82, 2.24) is 0 Å². The van der Waals surface area contributed by atoms with Crippen LogP contribution in [0.4, 0.5) is 0 Å². The molecule has 2 rings (SSSR count). The van der Waals surface area contributed by atoms with Gasteiger partial charge < -0.3 is 0 Å². The summed E-state index contributed by atoms with van der Waals surface area (Å²) in [5, 5.41) is 1.75. The van der Waals surface area contributed by atoms with E-state index in [2.05, 4.69) is 76.2 Å². The Labute approximate surface area is 113 Å². The van der Waals surface area contributed by atoms with E-state index < -0.39 is 0 Å². The van der Waals surface area contributed by atoms with E-state index in [0.717, 1.165) is 0 Å². The van der Waals surface area contributed by atoms with Gasteiger partial charge in [-0.25, -0.2) is 0 Å². The Morgan fingerprint density at radius 1 is 0.833 bits per heavy atom. The van der Waals surface area contributed by atoms with Crippen molar-refractivity contribution in [3.05, 3.63) is 65.2 Å². The Hall–Kier alpha value is -1.34. The summed E-state index contributed by atoms with van der Waals surface area (Å²) in [5.41, 5.74) is 4.35. The molecule has 0 aliphatic rings. The fourth-order valence-corrected chi connectivity index (χ4v) is 4.21. The van der Waals surface area contributed by atoms with Crippen LogP contribution in [0.3, 0.4) is 0 Å². The minimum Gasteiger partial charge on any atom is -0.0647 e. The lowest BCUT2D eigenvalue weighted by Gasteiger charge is -2.27. The Morgan fingerprint density at radius 3 is 2.17 bits per heavy atom. The van der Waals surface area contributed by atoms with Gasteiger partial charge in [0.05, 0.1) is 9.52 Å². The first-order valence-corrected chi connectivity index (χ1v) is 7.64. The third kappa shape index (κ3) is 2.73. The van der Waals surface area contributed by atoms with Gasteiger partial charge in [-0.15, -0.1) is 0 Å². The lowest BCUT2D eigenvalue weighted by molar-refractivity contribution is 0.747. The predicted octanol–water partition coefficient (Wildman–Crippen LogP) is 3.30. The number of rotatable bonds is 3. The van der Waals surface area contributed by atoms with Gasteiger partial charge in [-0.3, -0.25) is 0 Å². The molecule has 0 atom stereocenters. The number of hydrogen-bond acceptors (Lipinski definition) is 0. The molecule has 0 saturated heterocycles. The quantitative estimate of drug-likeness (QED) is 0.736. The molecule has 0 aliphatic heterocycles. The van der Waals surface area contributed by atoms with Crippen LogP contribution >= 0.6 is 0 Å². The highest BCUT2D eigenvalue weighted by atomic mass is 28.2. The van der Waals surface area contributed by atoms with Crippen molar-refractivity contribution < 1.29 is 0 Å². The van der Waals surface area contributed by atoms with E-state index in [1.807, 2.05) is 0 Å². The van der Waals surface area contributed by atoms with Crippen molar-refractivity contribution >= 4 is 14.7 Å². The summed E-state index contributed by atoms with van der Waals surface area (Å²) in [6, 6.07) is 17.6. The molecule has 0 N–H and O–H groups in total. The van der Waals surface area contributed by atoms with Gasteiger partial charge in [0.15, 0.2) is 0 Å². The van der Waals surface area contributed by atoms with Crippen molar-refractivity contribution in [2.24, 2.45) is 0 Å². The van der Waals surface area contributed by atoms with E-state index in [9.17, 15) is 0 Å². The molecule has 0 saturated carbocycles. The number of aryl methyl sites for hydroxylation is 1. The molecule has 0 nitrogen and oxygen atoms in total. The van der Waals surface area contributed by atoms with Gasteiger partial charge in [0.25, 0.3) is 0 Å². The molecule has 0 aliphatic carbocycles. The van der Waals surface area contributed by atoms with Gasteiger partial charge in [-0.2, -0.15) is 0 Å². The standard InChI is InChI=1S/C17H21Si/c1-13-9-8-12-16(14(13)2)17(3,4)18-15-10-6-5-7-11-15/h5-12,18H,1-4H3. The van der Waals surface area contributed by atoms with E-state index in [1.54, 1.807) is 0 Å². The molecule has 93 valence electrons. The molecule has 0 fully saturated rings. The summed E-state index contributed by atoms with van der Waals surface area (Å²) in [6.45, 7) is 9.19. The van der Waals surface area contributed by atoms with Crippen LogP contribution in [0, 0.1) is 13.8 Å². The summed E-state index contributed by atoms with van der Waals surface area (Å²) in [4.78, 5) is 0. The van der Waals surface area contributed by atoms with Gasteiger partial charge in [-0.05, 0) is 35.6 Å². The zero-order valence-electron chi connectivity index (χ0n) is 11.7. The minimum absolute atomic E-state index is 0.241. The molecular weight excluding hydrogens is 232 g/mol. The SMILES string of the molecule is Cc1cccc(C(C)(C)[SiH]c2ccccc2)c1C. The fraction of sp³-hybridized carbons (Fsp3) is 0.294. The van der Waals surface area contributed by atoms with Gasteiger partial charge in [0, 0.05) is 0 Å². The lowest BCUT2D eigenvalue weighted by atomic mass is 9.94. The van der Waals surface area contributed by atoms with Gasteiger partial charge in [-0.1, -0.05) is 67.6 Å². The molecular formula is C17H21Si. The van der Waals surface area contributed by atoms with E-state index in [4.69, 9.17) is 0 Å². The molecule has 2 aromatic rings. The molecule has 0 heterocycles.